The van der Waals surface area contributed by atoms with Crippen molar-refractivity contribution in [2.24, 2.45) is 0 Å². The van der Waals surface area contributed by atoms with E-state index in [4.69, 9.17) is 9.47 Å². The summed E-state index contributed by atoms with van der Waals surface area (Å²) in [5.41, 5.74) is 0.736. The van der Waals surface area contributed by atoms with Crippen LogP contribution in [0.15, 0.2) is 30.8 Å². The molecule has 0 atom stereocenters. The average molecular weight is 192 g/mol. The van der Waals surface area contributed by atoms with Gasteiger partial charge < -0.3 is 9.47 Å². The maximum atomic E-state index is 10.7. The van der Waals surface area contributed by atoms with Crippen LogP contribution in [0.1, 0.15) is 12.5 Å². The molecule has 1 rings (SSSR count). The average Bonchev–Trinajstić information content (AvgIpc) is 2.17. The quantitative estimate of drug-likeness (QED) is 0.544. The molecule has 0 unspecified atom stereocenters. The van der Waals surface area contributed by atoms with E-state index in [1.54, 1.807) is 19.2 Å². The van der Waals surface area contributed by atoms with E-state index < -0.39 is 0 Å². The number of rotatable bonds is 3. The number of carbonyl (C=O) groups is 1. The Kier molecular flexibility index (Phi) is 3.29. The smallest absolute Gasteiger partial charge is 0.308 e. The molecule has 0 N–H and O–H groups in total. The third-order valence-electron chi connectivity index (χ3n) is 1.66. The second-order valence-corrected chi connectivity index (χ2v) is 2.75. The Morgan fingerprint density at radius 1 is 1.43 bits per heavy atom. The van der Waals surface area contributed by atoms with Crippen LogP contribution < -0.4 is 4.74 Å². The largest absolute Gasteiger partial charge is 0.497 e. The highest BCUT2D eigenvalue weighted by Crippen LogP contribution is 2.19. The molecule has 0 aromatic heterocycles. The number of esters is 1. The van der Waals surface area contributed by atoms with Crippen molar-refractivity contribution in [1.82, 2.24) is 0 Å². The lowest BCUT2D eigenvalue weighted by molar-refractivity contribution is -0.134. The predicted molar refractivity (Wildman–Crippen MR) is 53.8 cm³/mol. The van der Waals surface area contributed by atoms with Gasteiger partial charge in [0.1, 0.15) is 11.5 Å². The van der Waals surface area contributed by atoms with Crippen LogP contribution in [-0.4, -0.2) is 13.1 Å². The van der Waals surface area contributed by atoms with Gasteiger partial charge in [-0.2, -0.15) is 0 Å². The lowest BCUT2D eigenvalue weighted by atomic mass is 10.2. The first-order valence-corrected chi connectivity index (χ1v) is 4.15. The maximum absolute atomic E-state index is 10.7. The van der Waals surface area contributed by atoms with Crippen molar-refractivity contribution in [3.8, 4) is 5.75 Å². The van der Waals surface area contributed by atoms with Crippen molar-refractivity contribution in [3.05, 3.63) is 36.4 Å². The van der Waals surface area contributed by atoms with E-state index in [2.05, 4.69) is 6.58 Å². The number of methoxy groups -OCH3 is 1. The summed E-state index contributed by atoms with van der Waals surface area (Å²) in [5, 5.41) is 0. The Morgan fingerprint density at radius 2 is 2.14 bits per heavy atom. The zero-order chi connectivity index (χ0) is 10.6. The molecular weight excluding hydrogens is 180 g/mol. The number of hydrogen-bond acceptors (Lipinski definition) is 3. The van der Waals surface area contributed by atoms with E-state index in [-0.39, 0.29) is 5.97 Å². The summed E-state index contributed by atoms with van der Waals surface area (Å²) in [4.78, 5) is 10.7. The zero-order valence-electron chi connectivity index (χ0n) is 8.24. The Balaban J connectivity index is 2.84. The fraction of sp³-hybridized carbons (Fsp3) is 0.182. The van der Waals surface area contributed by atoms with Crippen molar-refractivity contribution in [2.75, 3.05) is 7.11 Å². The molecule has 0 aliphatic rings. The van der Waals surface area contributed by atoms with Crippen molar-refractivity contribution < 1.29 is 14.3 Å². The third kappa shape index (κ3) is 2.62. The summed E-state index contributed by atoms with van der Waals surface area (Å²) >= 11 is 0. The van der Waals surface area contributed by atoms with E-state index in [0.717, 1.165) is 5.56 Å². The normalized spacial score (nSPS) is 9.29. The molecule has 0 aliphatic heterocycles. The van der Waals surface area contributed by atoms with Crippen molar-refractivity contribution in [2.45, 2.75) is 6.92 Å². The summed E-state index contributed by atoms with van der Waals surface area (Å²) in [7, 11) is 1.58. The number of benzene rings is 1. The zero-order valence-corrected chi connectivity index (χ0v) is 8.24. The van der Waals surface area contributed by atoms with Crippen molar-refractivity contribution in [3.63, 3.8) is 0 Å². The molecule has 0 spiro atoms. The van der Waals surface area contributed by atoms with Crippen LogP contribution in [-0.2, 0) is 9.53 Å². The van der Waals surface area contributed by atoms with Gasteiger partial charge in [0.2, 0.25) is 0 Å². The van der Waals surface area contributed by atoms with Crippen LogP contribution >= 0.6 is 0 Å². The van der Waals surface area contributed by atoms with Gasteiger partial charge in [-0.15, -0.1) is 0 Å². The minimum absolute atomic E-state index is 0.330. The number of hydrogen-bond donors (Lipinski definition) is 0. The second kappa shape index (κ2) is 4.46. The molecule has 0 saturated heterocycles. The Bertz CT molecular complexity index is 355. The molecule has 0 saturated carbocycles. The summed E-state index contributed by atoms with van der Waals surface area (Å²) in [6.45, 7) is 4.98. The van der Waals surface area contributed by atoms with Gasteiger partial charge in [-0.25, -0.2) is 0 Å². The second-order valence-electron chi connectivity index (χ2n) is 2.75. The third-order valence-corrected chi connectivity index (χ3v) is 1.66. The molecule has 1 aromatic carbocycles. The molecule has 0 radical (unpaired) electrons. The molecule has 0 amide bonds. The number of carbonyl (C=O) groups excluding carboxylic acids is 1. The molecule has 0 heterocycles. The highest BCUT2D eigenvalue weighted by Gasteiger charge is 2.03. The molecular formula is C11H12O3. The maximum Gasteiger partial charge on any atom is 0.308 e. The topological polar surface area (TPSA) is 35.5 Å². The Hall–Kier alpha value is -1.77. The van der Waals surface area contributed by atoms with Crippen LogP contribution in [0.3, 0.4) is 0 Å². The van der Waals surface area contributed by atoms with Gasteiger partial charge in [0.25, 0.3) is 0 Å². The fourth-order valence-electron chi connectivity index (χ4n) is 1.03. The van der Waals surface area contributed by atoms with Crippen LogP contribution in [0.25, 0.3) is 5.76 Å². The molecule has 3 nitrogen and oxygen atoms in total. The molecule has 14 heavy (non-hydrogen) atoms. The van der Waals surface area contributed by atoms with Gasteiger partial charge >= 0.3 is 5.97 Å². The Morgan fingerprint density at radius 3 is 2.71 bits per heavy atom. The minimum atomic E-state index is -0.377. The minimum Gasteiger partial charge on any atom is -0.497 e. The Labute approximate surface area is 83.0 Å². The van der Waals surface area contributed by atoms with Crippen LogP contribution in [0, 0.1) is 0 Å². The van der Waals surface area contributed by atoms with E-state index in [9.17, 15) is 4.79 Å². The SMILES string of the molecule is C=C(OC(C)=O)c1cccc(OC)c1. The molecule has 3 heteroatoms. The summed E-state index contributed by atoms with van der Waals surface area (Å²) in [5.74, 6) is 0.657. The highest BCUT2D eigenvalue weighted by molar-refractivity contribution is 5.75. The highest BCUT2D eigenvalue weighted by atomic mass is 16.5. The van der Waals surface area contributed by atoms with E-state index >= 15 is 0 Å². The van der Waals surface area contributed by atoms with E-state index in [1.165, 1.54) is 6.92 Å². The van der Waals surface area contributed by atoms with Crippen LogP contribution in [0.2, 0.25) is 0 Å². The first-order valence-electron chi connectivity index (χ1n) is 4.15. The molecule has 0 bridgehead atoms. The van der Waals surface area contributed by atoms with Gasteiger partial charge in [0.05, 0.1) is 7.11 Å². The van der Waals surface area contributed by atoms with E-state index in [0.29, 0.717) is 11.5 Å². The van der Waals surface area contributed by atoms with Gasteiger partial charge in [-0.3, -0.25) is 4.79 Å². The summed E-state index contributed by atoms with van der Waals surface area (Å²) < 4.78 is 9.88. The summed E-state index contributed by atoms with van der Waals surface area (Å²) in [6.07, 6.45) is 0. The van der Waals surface area contributed by atoms with E-state index in [1.807, 2.05) is 12.1 Å². The van der Waals surface area contributed by atoms with Crippen LogP contribution in [0.5, 0.6) is 5.75 Å². The van der Waals surface area contributed by atoms with Gasteiger partial charge in [0.15, 0.2) is 0 Å². The molecule has 0 fully saturated rings. The lowest BCUT2D eigenvalue weighted by Crippen LogP contribution is -1.97. The van der Waals surface area contributed by atoms with Gasteiger partial charge in [-0.05, 0) is 12.1 Å². The first-order chi connectivity index (χ1) is 6.63. The lowest BCUT2D eigenvalue weighted by Gasteiger charge is -2.06. The molecule has 0 aliphatic carbocycles. The van der Waals surface area contributed by atoms with Gasteiger partial charge in [0, 0.05) is 12.5 Å². The number of ether oxygens (including phenoxy) is 2. The van der Waals surface area contributed by atoms with Crippen molar-refractivity contribution in [1.29, 1.82) is 0 Å². The van der Waals surface area contributed by atoms with Gasteiger partial charge in [-0.1, -0.05) is 18.7 Å². The molecule has 1 aromatic rings. The standard InChI is InChI=1S/C11H12O3/c1-8(14-9(2)12)10-5-4-6-11(7-10)13-3/h4-7H,1H2,2-3H3. The van der Waals surface area contributed by atoms with Crippen LogP contribution in [0.4, 0.5) is 0 Å². The monoisotopic (exact) mass is 192 g/mol. The summed E-state index contributed by atoms with van der Waals surface area (Å²) in [6, 6.07) is 7.17. The first kappa shape index (κ1) is 10.3. The molecule has 74 valence electrons. The predicted octanol–water partition coefficient (Wildman–Crippen LogP) is 2.23. The fourth-order valence-corrected chi connectivity index (χ4v) is 1.03. The van der Waals surface area contributed by atoms with Crippen molar-refractivity contribution >= 4 is 11.7 Å².